The molecule has 2 aromatic carbocycles. The SMILES string of the molecule is Cc1ccc(COc2cc3oc(=O)cc(C)c3cc2N)cc1. The van der Waals surface area contributed by atoms with Gasteiger partial charge in [-0.05, 0) is 31.0 Å². The maximum Gasteiger partial charge on any atom is 0.336 e. The van der Waals surface area contributed by atoms with E-state index in [0.717, 1.165) is 16.5 Å². The molecular formula is C18H17NO3. The van der Waals surface area contributed by atoms with Gasteiger partial charge < -0.3 is 14.9 Å². The zero-order chi connectivity index (χ0) is 15.7. The van der Waals surface area contributed by atoms with Crippen LogP contribution in [0.2, 0.25) is 0 Å². The molecule has 0 saturated carbocycles. The number of anilines is 1. The number of aryl methyl sites for hydroxylation is 2. The van der Waals surface area contributed by atoms with Crippen LogP contribution in [0.3, 0.4) is 0 Å². The molecule has 1 aromatic heterocycles. The number of hydrogen-bond acceptors (Lipinski definition) is 4. The number of nitrogens with two attached hydrogens (primary N) is 1. The van der Waals surface area contributed by atoms with Crippen LogP contribution >= 0.6 is 0 Å². The molecule has 4 heteroatoms. The van der Waals surface area contributed by atoms with Crippen LogP contribution in [0.25, 0.3) is 11.0 Å². The maximum atomic E-state index is 11.5. The number of hydrogen-bond donors (Lipinski definition) is 1. The van der Waals surface area contributed by atoms with Crippen molar-refractivity contribution in [2.24, 2.45) is 0 Å². The van der Waals surface area contributed by atoms with Crippen LogP contribution in [0.15, 0.2) is 51.7 Å². The lowest BCUT2D eigenvalue weighted by molar-refractivity contribution is 0.308. The molecule has 0 aliphatic heterocycles. The Balaban J connectivity index is 1.92. The average molecular weight is 295 g/mol. The van der Waals surface area contributed by atoms with E-state index in [1.54, 1.807) is 12.1 Å². The molecule has 0 bridgehead atoms. The first-order valence-corrected chi connectivity index (χ1v) is 7.05. The largest absolute Gasteiger partial charge is 0.487 e. The first-order valence-electron chi connectivity index (χ1n) is 7.05. The summed E-state index contributed by atoms with van der Waals surface area (Å²) in [6.45, 7) is 4.30. The summed E-state index contributed by atoms with van der Waals surface area (Å²) in [5.41, 5.74) is 9.76. The van der Waals surface area contributed by atoms with E-state index in [1.165, 1.54) is 11.6 Å². The van der Waals surface area contributed by atoms with Gasteiger partial charge in [0.05, 0.1) is 5.69 Å². The fraction of sp³-hybridized carbons (Fsp3) is 0.167. The molecule has 4 nitrogen and oxygen atoms in total. The van der Waals surface area contributed by atoms with E-state index in [0.29, 0.717) is 23.6 Å². The predicted molar refractivity (Wildman–Crippen MR) is 87.1 cm³/mol. The van der Waals surface area contributed by atoms with Gasteiger partial charge in [0.2, 0.25) is 0 Å². The third-order valence-corrected chi connectivity index (χ3v) is 3.60. The smallest absolute Gasteiger partial charge is 0.336 e. The van der Waals surface area contributed by atoms with Crippen molar-refractivity contribution in [2.75, 3.05) is 5.73 Å². The second kappa shape index (κ2) is 5.56. The van der Waals surface area contributed by atoms with Crippen LogP contribution in [0.4, 0.5) is 5.69 Å². The minimum Gasteiger partial charge on any atom is -0.487 e. The van der Waals surface area contributed by atoms with E-state index in [2.05, 4.69) is 0 Å². The Labute approximate surface area is 128 Å². The van der Waals surface area contributed by atoms with E-state index >= 15 is 0 Å². The first kappa shape index (κ1) is 14.2. The standard InChI is InChI=1S/C18H17NO3/c1-11-3-5-13(6-4-11)10-21-17-9-16-14(8-15(17)19)12(2)7-18(20)22-16/h3-9H,10,19H2,1-2H3. The van der Waals surface area contributed by atoms with E-state index in [4.69, 9.17) is 14.9 Å². The predicted octanol–water partition coefficient (Wildman–Crippen LogP) is 3.57. The second-order valence-electron chi connectivity index (χ2n) is 5.41. The molecule has 1 heterocycles. The number of fused-ring (bicyclic) bond motifs is 1. The molecule has 0 fully saturated rings. The lowest BCUT2D eigenvalue weighted by Crippen LogP contribution is -2.02. The Hall–Kier alpha value is -2.75. The molecule has 0 unspecified atom stereocenters. The number of rotatable bonds is 3. The Bertz CT molecular complexity index is 879. The molecule has 0 atom stereocenters. The highest BCUT2D eigenvalue weighted by molar-refractivity contribution is 5.86. The quantitative estimate of drug-likeness (QED) is 0.592. The Morgan fingerprint density at radius 2 is 1.82 bits per heavy atom. The minimum absolute atomic E-state index is 0.376. The lowest BCUT2D eigenvalue weighted by atomic mass is 10.1. The third-order valence-electron chi connectivity index (χ3n) is 3.60. The summed E-state index contributed by atoms with van der Waals surface area (Å²) in [5.74, 6) is 0.516. The first-order chi connectivity index (χ1) is 10.5. The zero-order valence-electron chi connectivity index (χ0n) is 12.6. The van der Waals surface area contributed by atoms with Crippen molar-refractivity contribution in [1.29, 1.82) is 0 Å². The van der Waals surface area contributed by atoms with Crippen LogP contribution in [-0.4, -0.2) is 0 Å². The third kappa shape index (κ3) is 2.81. The maximum absolute atomic E-state index is 11.5. The lowest BCUT2D eigenvalue weighted by Gasteiger charge is -2.11. The topological polar surface area (TPSA) is 65.5 Å². The minimum atomic E-state index is -0.376. The van der Waals surface area contributed by atoms with Gasteiger partial charge in [0.1, 0.15) is 17.9 Å². The van der Waals surface area contributed by atoms with E-state index in [1.807, 2.05) is 38.1 Å². The van der Waals surface area contributed by atoms with Crippen molar-refractivity contribution in [3.8, 4) is 5.75 Å². The van der Waals surface area contributed by atoms with E-state index in [9.17, 15) is 4.79 Å². The summed E-state index contributed by atoms with van der Waals surface area (Å²) in [6.07, 6.45) is 0. The van der Waals surface area contributed by atoms with Gasteiger partial charge in [-0.25, -0.2) is 4.79 Å². The van der Waals surface area contributed by atoms with Crippen molar-refractivity contribution in [3.05, 3.63) is 69.6 Å². The average Bonchev–Trinajstić information content (AvgIpc) is 2.48. The molecule has 0 aliphatic carbocycles. The fourth-order valence-electron chi connectivity index (χ4n) is 2.33. The summed E-state index contributed by atoms with van der Waals surface area (Å²) in [4.78, 5) is 11.5. The van der Waals surface area contributed by atoms with Gasteiger partial charge in [0.15, 0.2) is 0 Å². The number of nitrogen functional groups attached to an aromatic ring is 1. The van der Waals surface area contributed by atoms with Gasteiger partial charge in [-0.1, -0.05) is 29.8 Å². The normalized spacial score (nSPS) is 10.8. The van der Waals surface area contributed by atoms with Crippen LogP contribution in [0, 0.1) is 13.8 Å². The van der Waals surface area contributed by atoms with Crippen molar-refractivity contribution in [3.63, 3.8) is 0 Å². The van der Waals surface area contributed by atoms with E-state index in [-0.39, 0.29) is 5.63 Å². The van der Waals surface area contributed by atoms with Gasteiger partial charge in [0, 0.05) is 17.5 Å². The van der Waals surface area contributed by atoms with Crippen molar-refractivity contribution in [1.82, 2.24) is 0 Å². The summed E-state index contributed by atoms with van der Waals surface area (Å²) in [6, 6.07) is 13.0. The summed E-state index contributed by atoms with van der Waals surface area (Å²) < 4.78 is 11.0. The fourth-order valence-corrected chi connectivity index (χ4v) is 2.33. The van der Waals surface area contributed by atoms with Crippen molar-refractivity contribution < 1.29 is 9.15 Å². The molecule has 3 rings (SSSR count). The Morgan fingerprint density at radius 1 is 1.09 bits per heavy atom. The van der Waals surface area contributed by atoms with Crippen molar-refractivity contribution >= 4 is 16.7 Å². The van der Waals surface area contributed by atoms with Crippen LogP contribution in [0.1, 0.15) is 16.7 Å². The van der Waals surface area contributed by atoms with E-state index < -0.39 is 0 Å². The van der Waals surface area contributed by atoms with Gasteiger partial charge in [-0.3, -0.25) is 0 Å². The number of benzene rings is 2. The highest BCUT2D eigenvalue weighted by Crippen LogP contribution is 2.29. The highest BCUT2D eigenvalue weighted by Gasteiger charge is 2.08. The number of ether oxygens (including phenoxy) is 1. The molecule has 0 radical (unpaired) electrons. The Morgan fingerprint density at radius 3 is 2.55 bits per heavy atom. The van der Waals surface area contributed by atoms with Gasteiger partial charge in [0.25, 0.3) is 0 Å². The molecule has 0 saturated heterocycles. The molecule has 22 heavy (non-hydrogen) atoms. The molecular weight excluding hydrogens is 278 g/mol. The molecule has 2 N–H and O–H groups in total. The Kier molecular flexibility index (Phi) is 3.59. The van der Waals surface area contributed by atoms with Crippen molar-refractivity contribution in [2.45, 2.75) is 20.5 Å². The molecule has 0 aliphatic rings. The molecule has 3 aromatic rings. The summed E-state index contributed by atoms with van der Waals surface area (Å²) >= 11 is 0. The molecule has 0 spiro atoms. The monoisotopic (exact) mass is 295 g/mol. The highest BCUT2D eigenvalue weighted by atomic mass is 16.5. The van der Waals surface area contributed by atoms with Gasteiger partial charge >= 0.3 is 5.63 Å². The van der Waals surface area contributed by atoms with Crippen LogP contribution in [-0.2, 0) is 6.61 Å². The summed E-state index contributed by atoms with van der Waals surface area (Å²) in [5, 5.41) is 0.819. The van der Waals surface area contributed by atoms with Gasteiger partial charge in [-0.15, -0.1) is 0 Å². The summed E-state index contributed by atoms with van der Waals surface area (Å²) in [7, 11) is 0. The zero-order valence-corrected chi connectivity index (χ0v) is 12.6. The van der Waals surface area contributed by atoms with Crippen LogP contribution < -0.4 is 16.1 Å². The van der Waals surface area contributed by atoms with Gasteiger partial charge in [-0.2, -0.15) is 0 Å². The molecule has 0 amide bonds. The second-order valence-corrected chi connectivity index (χ2v) is 5.41. The van der Waals surface area contributed by atoms with Crippen LogP contribution in [0.5, 0.6) is 5.75 Å². The molecule has 112 valence electrons.